The van der Waals surface area contributed by atoms with Crippen LogP contribution in [0.2, 0.25) is 0 Å². The first-order valence-electron chi connectivity index (χ1n) is 4.48. The molecule has 0 atom stereocenters. The van der Waals surface area contributed by atoms with Gasteiger partial charge in [-0.05, 0) is 18.2 Å². The summed E-state index contributed by atoms with van der Waals surface area (Å²) in [5, 5.41) is 0. The van der Waals surface area contributed by atoms with Crippen molar-refractivity contribution in [2.75, 3.05) is 6.54 Å². The van der Waals surface area contributed by atoms with Crippen LogP contribution in [-0.2, 0) is 5.92 Å². The Morgan fingerprint density at radius 3 is 2.87 bits per heavy atom. The molecular formula is C10H10F2N2O. The molecule has 1 aromatic heterocycles. The molecule has 0 aliphatic rings. The first-order valence-corrected chi connectivity index (χ1v) is 4.48. The molecule has 0 spiro atoms. The average molecular weight is 212 g/mol. The number of nitrogens with zero attached hydrogens (tertiary/aromatic N) is 1. The normalized spacial score (nSPS) is 12.3. The van der Waals surface area contributed by atoms with E-state index in [0.29, 0.717) is 17.0 Å². The van der Waals surface area contributed by atoms with Gasteiger partial charge in [-0.25, -0.2) is 4.98 Å². The number of aryl methyl sites for hydroxylation is 1. The average Bonchev–Trinajstić information content (AvgIpc) is 2.56. The molecule has 2 rings (SSSR count). The lowest BCUT2D eigenvalue weighted by molar-refractivity contribution is 0.00607. The van der Waals surface area contributed by atoms with Crippen molar-refractivity contribution in [3.8, 4) is 0 Å². The Bertz CT molecular complexity index is 493. The highest BCUT2D eigenvalue weighted by atomic mass is 19.3. The van der Waals surface area contributed by atoms with Gasteiger partial charge in [-0.2, -0.15) is 8.78 Å². The second-order valence-corrected chi connectivity index (χ2v) is 3.32. The van der Waals surface area contributed by atoms with Crippen molar-refractivity contribution in [2.24, 2.45) is 5.73 Å². The fraction of sp³-hybridized carbons (Fsp3) is 0.300. The number of oxazole rings is 1. The van der Waals surface area contributed by atoms with Crippen LogP contribution >= 0.6 is 0 Å². The summed E-state index contributed by atoms with van der Waals surface area (Å²) in [6.07, 6.45) is 0. The number of nitrogens with two attached hydrogens (primary N) is 1. The van der Waals surface area contributed by atoms with Crippen LogP contribution in [0.4, 0.5) is 8.78 Å². The van der Waals surface area contributed by atoms with E-state index in [2.05, 4.69) is 4.98 Å². The van der Waals surface area contributed by atoms with E-state index < -0.39 is 12.5 Å². The van der Waals surface area contributed by atoms with Crippen molar-refractivity contribution in [1.82, 2.24) is 4.98 Å². The van der Waals surface area contributed by atoms with E-state index >= 15 is 0 Å². The first-order chi connectivity index (χ1) is 7.03. The zero-order valence-electron chi connectivity index (χ0n) is 8.13. The van der Waals surface area contributed by atoms with Gasteiger partial charge < -0.3 is 10.2 Å². The van der Waals surface area contributed by atoms with Gasteiger partial charge in [0.1, 0.15) is 5.52 Å². The van der Waals surface area contributed by atoms with E-state index in [1.807, 2.05) is 0 Å². The molecule has 2 N–H and O–H groups in total. The van der Waals surface area contributed by atoms with E-state index in [0.717, 1.165) is 0 Å². The van der Waals surface area contributed by atoms with Gasteiger partial charge in [0.2, 0.25) is 0 Å². The Labute approximate surface area is 84.9 Å². The predicted octanol–water partition coefficient (Wildman–Crippen LogP) is 2.19. The molecule has 5 heteroatoms. The van der Waals surface area contributed by atoms with E-state index in [9.17, 15) is 8.78 Å². The predicted molar refractivity (Wildman–Crippen MR) is 51.7 cm³/mol. The lowest BCUT2D eigenvalue weighted by atomic mass is 10.1. The van der Waals surface area contributed by atoms with Crippen molar-refractivity contribution in [3.63, 3.8) is 0 Å². The maximum absolute atomic E-state index is 13.2. The standard InChI is InChI=1S/C10H10F2N2O/c1-6-14-8-4-7(10(11,12)5-13)2-3-9(8)15-6/h2-4H,5,13H2,1H3. The monoisotopic (exact) mass is 212 g/mol. The highest BCUT2D eigenvalue weighted by Crippen LogP contribution is 2.29. The molecule has 0 radical (unpaired) electrons. The number of aromatic nitrogens is 1. The molecule has 0 saturated heterocycles. The van der Waals surface area contributed by atoms with Gasteiger partial charge in [-0.3, -0.25) is 0 Å². The second kappa shape index (κ2) is 3.27. The lowest BCUT2D eigenvalue weighted by Gasteiger charge is -2.13. The van der Waals surface area contributed by atoms with Crippen LogP contribution in [0.15, 0.2) is 22.6 Å². The first kappa shape index (κ1) is 10.0. The van der Waals surface area contributed by atoms with Crippen molar-refractivity contribution >= 4 is 11.1 Å². The molecular weight excluding hydrogens is 202 g/mol. The molecule has 0 aliphatic carbocycles. The maximum atomic E-state index is 13.2. The smallest absolute Gasteiger partial charge is 0.285 e. The summed E-state index contributed by atoms with van der Waals surface area (Å²) in [5.74, 6) is -2.56. The Morgan fingerprint density at radius 1 is 1.47 bits per heavy atom. The molecule has 1 aromatic carbocycles. The second-order valence-electron chi connectivity index (χ2n) is 3.32. The summed E-state index contributed by atoms with van der Waals surface area (Å²) in [7, 11) is 0. The largest absolute Gasteiger partial charge is 0.441 e. The highest BCUT2D eigenvalue weighted by Gasteiger charge is 2.29. The molecule has 80 valence electrons. The minimum Gasteiger partial charge on any atom is -0.441 e. The summed E-state index contributed by atoms with van der Waals surface area (Å²) in [6, 6.07) is 4.09. The molecule has 1 heterocycles. The maximum Gasteiger partial charge on any atom is 0.285 e. The zero-order valence-corrected chi connectivity index (χ0v) is 8.13. The molecule has 2 aromatic rings. The topological polar surface area (TPSA) is 52.0 Å². The summed E-state index contributed by atoms with van der Waals surface area (Å²) < 4.78 is 31.7. The quantitative estimate of drug-likeness (QED) is 0.830. The third-order valence-electron chi connectivity index (χ3n) is 2.17. The van der Waals surface area contributed by atoms with Crippen molar-refractivity contribution in [2.45, 2.75) is 12.8 Å². The van der Waals surface area contributed by atoms with Gasteiger partial charge in [0.05, 0.1) is 6.54 Å². The van der Waals surface area contributed by atoms with Crippen LogP contribution < -0.4 is 5.73 Å². The molecule has 0 unspecified atom stereocenters. The fourth-order valence-corrected chi connectivity index (χ4v) is 1.39. The SMILES string of the molecule is Cc1nc2cc(C(F)(F)CN)ccc2o1. The van der Waals surface area contributed by atoms with Crippen LogP contribution in [0, 0.1) is 6.92 Å². The van der Waals surface area contributed by atoms with Gasteiger partial charge in [0.15, 0.2) is 11.5 Å². The minimum atomic E-state index is -3.01. The van der Waals surface area contributed by atoms with Crippen LogP contribution in [0.5, 0.6) is 0 Å². The van der Waals surface area contributed by atoms with E-state index in [1.54, 1.807) is 6.92 Å². The number of hydrogen-bond donors (Lipinski definition) is 1. The number of benzene rings is 1. The summed E-state index contributed by atoms with van der Waals surface area (Å²) in [5.41, 5.74) is 5.79. The number of rotatable bonds is 2. The molecule has 0 fully saturated rings. The van der Waals surface area contributed by atoms with E-state index in [1.165, 1.54) is 18.2 Å². The van der Waals surface area contributed by atoms with Crippen molar-refractivity contribution in [1.29, 1.82) is 0 Å². The number of halogens is 2. The van der Waals surface area contributed by atoms with Crippen molar-refractivity contribution < 1.29 is 13.2 Å². The van der Waals surface area contributed by atoms with Gasteiger partial charge in [0.25, 0.3) is 5.92 Å². The number of fused-ring (bicyclic) bond motifs is 1. The van der Waals surface area contributed by atoms with E-state index in [4.69, 9.17) is 10.2 Å². The van der Waals surface area contributed by atoms with Crippen LogP contribution in [0.1, 0.15) is 11.5 Å². The van der Waals surface area contributed by atoms with E-state index in [-0.39, 0.29) is 5.56 Å². The fourth-order valence-electron chi connectivity index (χ4n) is 1.39. The Hall–Kier alpha value is -1.49. The molecule has 0 aliphatic heterocycles. The minimum absolute atomic E-state index is 0.134. The molecule has 0 amide bonds. The molecule has 3 nitrogen and oxygen atoms in total. The molecule has 0 bridgehead atoms. The van der Waals surface area contributed by atoms with Gasteiger partial charge in [-0.15, -0.1) is 0 Å². The number of hydrogen-bond acceptors (Lipinski definition) is 3. The van der Waals surface area contributed by atoms with Gasteiger partial charge in [0, 0.05) is 12.5 Å². The Kier molecular flexibility index (Phi) is 2.19. The van der Waals surface area contributed by atoms with Gasteiger partial charge >= 0.3 is 0 Å². The summed E-state index contributed by atoms with van der Waals surface area (Å²) in [4.78, 5) is 3.98. The van der Waals surface area contributed by atoms with Crippen LogP contribution in [0.25, 0.3) is 11.1 Å². The molecule has 0 saturated carbocycles. The third kappa shape index (κ3) is 1.70. The highest BCUT2D eigenvalue weighted by molar-refractivity contribution is 5.73. The summed E-state index contributed by atoms with van der Waals surface area (Å²) in [6.45, 7) is 0.954. The Morgan fingerprint density at radius 2 is 2.20 bits per heavy atom. The third-order valence-corrected chi connectivity index (χ3v) is 2.17. The summed E-state index contributed by atoms with van der Waals surface area (Å²) >= 11 is 0. The number of alkyl halides is 2. The van der Waals surface area contributed by atoms with Crippen LogP contribution in [-0.4, -0.2) is 11.5 Å². The Balaban J connectivity index is 2.55. The van der Waals surface area contributed by atoms with Gasteiger partial charge in [-0.1, -0.05) is 0 Å². The van der Waals surface area contributed by atoms with Crippen LogP contribution in [0.3, 0.4) is 0 Å². The zero-order chi connectivity index (χ0) is 11.1. The van der Waals surface area contributed by atoms with Crippen molar-refractivity contribution in [3.05, 3.63) is 29.7 Å². The lowest BCUT2D eigenvalue weighted by Crippen LogP contribution is -2.24. The molecule has 15 heavy (non-hydrogen) atoms.